The third kappa shape index (κ3) is 2.46. The van der Waals surface area contributed by atoms with E-state index < -0.39 is 5.91 Å². The second-order valence-electron chi connectivity index (χ2n) is 2.40. The van der Waals surface area contributed by atoms with Crippen LogP contribution in [0.1, 0.15) is 5.56 Å². The Morgan fingerprint density at radius 2 is 1.83 bits per heavy atom. The van der Waals surface area contributed by atoms with Crippen LogP contribution in [0.4, 0.5) is 5.69 Å². The van der Waals surface area contributed by atoms with Crippen LogP contribution in [-0.2, 0) is 4.79 Å². The highest BCUT2D eigenvalue weighted by atomic mass is 16.1. The molecule has 1 aromatic rings. The normalized spacial score (nSPS) is 10.3. The Morgan fingerprint density at radius 1 is 1.25 bits per heavy atom. The number of carbonyl (C=O) groups excluding carboxylic acids is 1. The molecule has 3 nitrogen and oxygen atoms in total. The van der Waals surface area contributed by atoms with Crippen molar-refractivity contribution in [1.82, 2.24) is 0 Å². The van der Waals surface area contributed by atoms with Crippen LogP contribution < -0.4 is 11.5 Å². The van der Waals surface area contributed by atoms with Crippen LogP contribution in [-0.4, -0.2) is 5.91 Å². The first-order valence-corrected chi connectivity index (χ1v) is 3.51. The molecule has 0 aliphatic carbocycles. The average molecular weight is 162 g/mol. The fraction of sp³-hybridized carbons (Fsp3) is 0. The highest BCUT2D eigenvalue weighted by Gasteiger charge is 1.87. The highest BCUT2D eigenvalue weighted by molar-refractivity contribution is 5.90. The maximum Gasteiger partial charge on any atom is 0.241 e. The lowest BCUT2D eigenvalue weighted by molar-refractivity contribution is -0.113. The van der Waals surface area contributed by atoms with E-state index in [4.69, 9.17) is 11.5 Å². The highest BCUT2D eigenvalue weighted by Crippen LogP contribution is 2.06. The summed E-state index contributed by atoms with van der Waals surface area (Å²) in [5.74, 6) is -0.452. The molecule has 0 saturated carbocycles. The summed E-state index contributed by atoms with van der Waals surface area (Å²) in [6.07, 6.45) is 2.95. The Labute approximate surface area is 70.7 Å². The van der Waals surface area contributed by atoms with E-state index in [-0.39, 0.29) is 0 Å². The summed E-state index contributed by atoms with van der Waals surface area (Å²) in [5.41, 5.74) is 12.0. The minimum atomic E-state index is -0.452. The summed E-state index contributed by atoms with van der Waals surface area (Å²) in [6.45, 7) is 0. The molecule has 0 spiro atoms. The van der Waals surface area contributed by atoms with Gasteiger partial charge in [0, 0.05) is 11.8 Å². The molecule has 0 aliphatic rings. The van der Waals surface area contributed by atoms with Gasteiger partial charge in [0.1, 0.15) is 0 Å². The van der Waals surface area contributed by atoms with Gasteiger partial charge in [0.2, 0.25) is 5.91 Å². The van der Waals surface area contributed by atoms with Gasteiger partial charge in [-0.3, -0.25) is 4.79 Å². The molecule has 0 unspecified atom stereocenters. The molecular weight excluding hydrogens is 152 g/mol. The molecule has 3 heteroatoms. The molecule has 0 fully saturated rings. The van der Waals surface area contributed by atoms with Gasteiger partial charge in [0.05, 0.1) is 0 Å². The van der Waals surface area contributed by atoms with E-state index in [1.165, 1.54) is 6.08 Å². The summed E-state index contributed by atoms with van der Waals surface area (Å²) < 4.78 is 0. The van der Waals surface area contributed by atoms with Crippen molar-refractivity contribution in [2.24, 2.45) is 5.73 Å². The number of carbonyl (C=O) groups is 1. The number of benzene rings is 1. The number of hydrogen-bond acceptors (Lipinski definition) is 2. The zero-order valence-electron chi connectivity index (χ0n) is 6.53. The summed E-state index contributed by atoms with van der Waals surface area (Å²) in [4.78, 5) is 10.4. The molecule has 0 radical (unpaired) electrons. The van der Waals surface area contributed by atoms with Gasteiger partial charge >= 0.3 is 0 Å². The van der Waals surface area contributed by atoms with Gasteiger partial charge < -0.3 is 11.5 Å². The number of nitrogen functional groups attached to an aromatic ring is 1. The quantitative estimate of drug-likeness (QED) is 0.498. The first-order valence-electron chi connectivity index (χ1n) is 3.51. The van der Waals surface area contributed by atoms with Crippen molar-refractivity contribution in [2.45, 2.75) is 0 Å². The van der Waals surface area contributed by atoms with Gasteiger partial charge in [0.15, 0.2) is 0 Å². The molecule has 12 heavy (non-hydrogen) atoms. The van der Waals surface area contributed by atoms with Crippen LogP contribution in [0.3, 0.4) is 0 Å². The van der Waals surface area contributed by atoms with Gasteiger partial charge in [-0.2, -0.15) is 0 Å². The molecule has 0 aliphatic heterocycles. The van der Waals surface area contributed by atoms with Crippen LogP contribution >= 0.6 is 0 Å². The average Bonchev–Trinajstić information content (AvgIpc) is 2.03. The third-order valence-corrected chi connectivity index (χ3v) is 1.38. The molecule has 4 N–H and O–H groups in total. The zero-order valence-corrected chi connectivity index (χ0v) is 6.53. The van der Waals surface area contributed by atoms with Crippen LogP contribution in [0.25, 0.3) is 6.08 Å². The molecule has 0 aromatic heterocycles. The molecule has 0 atom stereocenters. The van der Waals surface area contributed by atoms with Gasteiger partial charge in [0.25, 0.3) is 0 Å². The SMILES string of the molecule is NC(=O)/C=C/c1ccc(N)cc1. The maximum absolute atomic E-state index is 10.4. The molecule has 1 aromatic carbocycles. The Kier molecular flexibility index (Phi) is 2.48. The molecule has 62 valence electrons. The molecule has 0 bridgehead atoms. The van der Waals surface area contributed by atoms with Crippen molar-refractivity contribution in [3.05, 3.63) is 35.9 Å². The predicted octanol–water partition coefficient (Wildman–Crippen LogP) is 0.767. The first kappa shape index (κ1) is 8.33. The van der Waals surface area contributed by atoms with Crippen LogP contribution in [0.2, 0.25) is 0 Å². The lowest BCUT2D eigenvalue weighted by Gasteiger charge is -1.93. The van der Waals surface area contributed by atoms with Gasteiger partial charge in [-0.25, -0.2) is 0 Å². The van der Waals surface area contributed by atoms with Gasteiger partial charge in [-0.1, -0.05) is 12.1 Å². The summed E-state index contributed by atoms with van der Waals surface area (Å²) in [7, 11) is 0. The Morgan fingerprint density at radius 3 is 2.33 bits per heavy atom. The summed E-state index contributed by atoms with van der Waals surface area (Å²) in [5, 5.41) is 0. The smallest absolute Gasteiger partial charge is 0.241 e. The second kappa shape index (κ2) is 3.57. The van der Waals surface area contributed by atoms with E-state index in [0.29, 0.717) is 5.69 Å². The Hall–Kier alpha value is -1.77. The van der Waals surface area contributed by atoms with Crippen molar-refractivity contribution >= 4 is 17.7 Å². The number of amides is 1. The van der Waals surface area contributed by atoms with E-state index in [0.717, 1.165) is 5.56 Å². The van der Waals surface area contributed by atoms with Crippen molar-refractivity contribution in [3.63, 3.8) is 0 Å². The standard InChI is InChI=1S/C9H10N2O/c10-8-4-1-7(2-5-8)3-6-9(11)12/h1-6H,10H2,(H2,11,12)/b6-3+. The van der Waals surface area contributed by atoms with Gasteiger partial charge in [-0.05, 0) is 23.8 Å². The van der Waals surface area contributed by atoms with Crippen molar-refractivity contribution < 1.29 is 4.79 Å². The minimum absolute atomic E-state index is 0.452. The topological polar surface area (TPSA) is 69.1 Å². The lowest BCUT2D eigenvalue weighted by Crippen LogP contribution is -2.05. The van der Waals surface area contributed by atoms with E-state index in [1.54, 1.807) is 18.2 Å². The second-order valence-corrected chi connectivity index (χ2v) is 2.40. The van der Waals surface area contributed by atoms with Crippen molar-refractivity contribution in [3.8, 4) is 0 Å². The minimum Gasteiger partial charge on any atom is -0.399 e. The van der Waals surface area contributed by atoms with Crippen LogP contribution in [0.15, 0.2) is 30.3 Å². The fourth-order valence-corrected chi connectivity index (χ4v) is 0.785. The number of nitrogens with two attached hydrogens (primary N) is 2. The maximum atomic E-state index is 10.4. The fourth-order valence-electron chi connectivity index (χ4n) is 0.785. The monoisotopic (exact) mass is 162 g/mol. The third-order valence-electron chi connectivity index (χ3n) is 1.38. The molecular formula is C9H10N2O. The van der Waals surface area contributed by atoms with E-state index in [2.05, 4.69) is 0 Å². The largest absolute Gasteiger partial charge is 0.399 e. The van der Waals surface area contributed by atoms with Crippen molar-refractivity contribution in [1.29, 1.82) is 0 Å². The molecule has 1 rings (SSSR count). The number of anilines is 1. The van der Waals surface area contributed by atoms with E-state index >= 15 is 0 Å². The van der Waals surface area contributed by atoms with Crippen LogP contribution in [0, 0.1) is 0 Å². The van der Waals surface area contributed by atoms with E-state index in [9.17, 15) is 4.79 Å². The predicted molar refractivity (Wildman–Crippen MR) is 49.1 cm³/mol. The number of primary amides is 1. The van der Waals surface area contributed by atoms with E-state index in [1.807, 2.05) is 12.1 Å². The first-order chi connectivity index (χ1) is 5.68. The molecule has 0 heterocycles. The Balaban J connectivity index is 2.77. The number of rotatable bonds is 2. The molecule has 0 saturated heterocycles. The summed E-state index contributed by atoms with van der Waals surface area (Å²) >= 11 is 0. The number of hydrogen-bond donors (Lipinski definition) is 2. The van der Waals surface area contributed by atoms with Crippen molar-refractivity contribution in [2.75, 3.05) is 5.73 Å². The Bertz CT molecular complexity index is 301. The zero-order chi connectivity index (χ0) is 8.97. The van der Waals surface area contributed by atoms with Crippen LogP contribution in [0.5, 0.6) is 0 Å². The molecule has 1 amide bonds. The summed E-state index contributed by atoms with van der Waals surface area (Å²) in [6, 6.07) is 7.16. The van der Waals surface area contributed by atoms with Gasteiger partial charge in [-0.15, -0.1) is 0 Å². The lowest BCUT2D eigenvalue weighted by atomic mass is 10.2.